The molecule has 0 aromatic heterocycles. The van der Waals surface area contributed by atoms with Crippen LogP contribution in [-0.4, -0.2) is 17.4 Å². The summed E-state index contributed by atoms with van der Waals surface area (Å²) in [5, 5.41) is 0. The average Bonchev–Trinajstić information content (AvgIpc) is 2.24. The van der Waals surface area contributed by atoms with E-state index in [1.165, 1.54) is 5.56 Å². The van der Waals surface area contributed by atoms with Gasteiger partial charge in [0.1, 0.15) is 0 Å². The highest BCUT2D eigenvalue weighted by molar-refractivity contribution is 5.77. The monoisotopic (exact) mass is 203 g/mol. The van der Waals surface area contributed by atoms with Crippen LogP contribution in [0.25, 0.3) is 0 Å². The maximum atomic E-state index is 11.7. The van der Waals surface area contributed by atoms with Crippen molar-refractivity contribution in [2.45, 2.75) is 26.3 Å². The molecule has 0 radical (unpaired) electrons. The normalized spacial score (nSPS) is 21.8. The molecule has 1 aliphatic rings. The molecule has 0 aliphatic carbocycles. The molecule has 1 amide bonds. The van der Waals surface area contributed by atoms with Gasteiger partial charge in [0.15, 0.2) is 0 Å². The van der Waals surface area contributed by atoms with Gasteiger partial charge in [-0.1, -0.05) is 37.3 Å². The molecule has 0 N–H and O–H groups in total. The molecule has 2 nitrogen and oxygen atoms in total. The maximum absolute atomic E-state index is 11.7. The second-order valence-corrected chi connectivity index (χ2v) is 4.40. The van der Waals surface area contributed by atoms with E-state index in [-0.39, 0.29) is 0 Å². The van der Waals surface area contributed by atoms with Gasteiger partial charge in [-0.05, 0) is 17.9 Å². The van der Waals surface area contributed by atoms with Crippen LogP contribution in [0.1, 0.15) is 25.3 Å². The Balaban J connectivity index is 1.98. The van der Waals surface area contributed by atoms with Crippen LogP contribution in [0, 0.1) is 5.92 Å². The Labute approximate surface area is 90.9 Å². The highest BCUT2D eigenvalue weighted by atomic mass is 16.2. The van der Waals surface area contributed by atoms with E-state index in [1.807, 2.05) is 23.1 Å². The van der Waals surface area contributed by atoms with E-state index < -0.39 is 0 Å². The number of nitrogens with zero attached hydrogens (tertiary/aromatic N) is 1. The number of likely N-dealkylation sites (tertiary alicyclic amines) is 1. The van der Waals surface area contributed by atoms with Crippen LogP contribution < -0.4 is 0 Å². The molecule has 1 aromatic carbocycles. The van der Waals surface area contributed by atoms with Gasteiger partial charge in [0, 0.05) is 19.5 Å². The summed E-state index contributed by atoms with van der Waals surface area (Å²) < 4.78 is 0. The quantitative estimate of drug-likeness (QED) is 0.723. The van der Waals surface area contributed by atoms with E-state index >= 15 is 0 Å². The fourth-order valence-corrected chi connectivity index (χ4v) is 2.00. The number of carbonyl (C=O) groups excluding carboxylic acids is 1. The lowest BCUT2D eigenvalue weighted by atomic mass is 9.98. The average molecular weight is 203 g/mol. The van der Waals surface area contributed by atoms with Gasteiger partial charge >= 0.3 is 0 Å². The minimum absolute atomic E-state index is 0.303. The van der Waals surface area contributed by atoms with Gasteiger partial charge in [-0.25, -0.2) is 0 Å². The summed E-state index contributed by atoms with van der Waals surface area (Å²) >= 11 is 0. The van der Waals surface area contributed by atoms with Crippen molar-refractivity contribution in [3.63, 3.8) is 0 Å². The Morgan fingerprint density at radius 3 is 2.73 bits per heavy atom. The smallest absolute Gasteiger partial charge is 0.223 e. The summed E-state index contributed by atoms with van der Waals surface area (Å²) in [6, 6.07) is 10.2. The predicted molar refractivity (Wildman–Crippen MR) is 60.3 cm³/mol. The number of amides is 1. The third-order valence-electron chi connectivity index (χ3n) is 2.98. The summed E-state index contributed by atoms with van der Waals surface area (Å²) in [7, 11) is 0. The minimum atomic E-state index is 0.303. The molecular weight excluding hydrogens is 186 g/mol. The Morgan fingerprint density at radius 2 is 2.07 bits per heavy atom. The molecule has 80 valence electrons. The van der Waals surface area contributed by atoms with Crippen molar-refractivity contribution in [1.29, 1.82) is 0 Å². The lowest BCUT2D eigenvalue weighted by Gasteiger charge is -2.30. The predicted octanol–water partition coefficient (Wildman–Crippen LogP) is 2.45. The zero-order valence-corrected chi connectivity index (χ0v) is 9.15. The second-order valence-electron chi connectivity index (χ2n) is 4.40. The number of carbonyl (C=O) groups is 1. The van der Waals surface area contributed by atoms with E-state index in [4.69, 9.17) is 0 Å². The van der Waals surface area contributed by atoms with Gasteiger partial charge in [0.05, 0.1) is 0 Å². The zero-order valence-electron chi connectivity index (χ0n) is 9.15. The van der Waals surface area contributed by atoms with Gasteiger partial charge in [-0.2, -0.15) is 0 Å². The first-order valence-electron chi connectivity index (χ1n) is 5.57. The SMILES string of the molecule is C[C@@H]1CCN(Cc2ccccc2)C(=O)C1. The van der Waals surface area contributed by atoms with E-state index in [0.29, 0.717) is 18.2 Å². The van der Waals surface area contributed by atoms with Gasteiger partial charge in [0.25, 0.3) is 0 Å². The molecule has 1 aromatic rings. The van der Waals surface area contributed by atoms with E-state index in [1.54, 1.807) is 0 Å². The summed E-state index contributed by atoms with van der Waals surface area (Å²) in [6.07, 6.45) is 1.85. The first kappa shape index (κ1) is 10.2. The van der Waals surface area contributed by atoms with E-state index in [2.05, 4.69) is 19.1 Å². The summed E-state index contributed by atoms with van der Waals surface area (Å²) in [4.78, 5) is 13.7. The lowest BCUT2D eigenvalue weighted by Crippen LogP contribution is -2.37. The standard InChI is InChI=1S/C13H17NO/c1-11-7-8-14(13(15)9-11)10-12-5-3-2-4-6-12/h2-6,11H,7-10H2,1H3/t11-/m1/s1. The largest absolute Gasteiger partial charge is 0.338 e. The Hall–Kier alpha value is -1.31. The van der Waals surface area contributed by atoms with Crippen LogP contribution in [0.2, 0.25) is 0 Å². The van der Waals surface area contributed by atoms with Gasteiger partial charge < -0.3 is 4.90 Å². The topological polar surface area (TPSA) is 20.3 Å². The Morgan fingerprint density at radius 1 is 1.33 bits per heavy atom. The van der Waals surface area contributed by atoms with E-state index in [0.717, 1.165) is 19.5 Å². The van der Waals surface area contributed by atoms with Crippen LogP contribution in [0.5, 0.6) is 0 Å². The van der Waals surface area contributed by atoms with Crippen LogP contribution in [0.3, 0.4) is 0 Å². The molecule has 0 spiro atoms. The number of hydrogen-bond donors (Lipinski definition) is 0. The lowest BCUT2D eigenvalue weighted by molar-refractivity contribution is -0.135. The van der Waals surface area contributed by atoms with Gasteiger partial charge in [0.2, 0.25) is 5.91 Å². The highest BCUT2D eigenvalue weighted by Crippen LogP contribution is 2.19. The number of piperidine rings is 1. The van der Waals surface area contributed by atoms with Crippen molar-refractivity contribution in [3.8, 4) is 0 Å². The summed E-state index contributed by atoms with van der Waals surface area (Å²) in [5.74, 6) is 0.863. The van der Waals surface area contributed by atoms with Crippen molar-refractivity contribution in [3.05, 3.63) is 35.9 Å². The molecule has 0 bridgehead atoms. The third-order valence-corrected chi connectivity index (χ3v) is 2.98. The molecule has 1 saturated heterocycles. The molecule has 1 atom stereocenters. The fourth-order valence-electron chi connectivity index (χ4n) is 2.00. The number of benzene rings is 1. The first-order valence-corrected chi connectivity index (χ1v) is 5.57. The molecule has 2 heteroatoms. The Bertz CT molecular complexity index is 334. The zero-order chi connectivity index (χ0) is 10.7. The number of rotatable bonds is 2. The highest BCUT2D eigenvalue weighted by Gasteiger charge is 2.22. The van der Waals surface area contributed by atoms with Crippen molar-refractivity contribution < 1.29 is 4.79 Å². The van der Waals surface area contributed by atoms with E-state index in [9.17, 15) is 4.79 Å². The third kappa shape index (κ3) is 2.58. The summed E-state index contributed by atoms with van der Waals surface area (Å²) in [5.41, 5.74) is 1.22. The van der Waals surface area contributed by atoms with Crippen molar-refractivity contribution in [2.24, 2.45) is 5.92 Å². The molecule has 15 heavy (non-hydrogen) atoms. The molecule has 2 rings (SSSR count). The molecule has 1 aliphatic heterocycles. The van der Waals surface area contributed by atoms with Crippen LogP contribution in [0.15, 0.2) is 30.3 Å². The van der Waals surface area contributed by atoms with Crippen molar-refractivity contribution >= 4 is 5.91 Å². The van der Waals surface area contributed by atoms with Crippen LogP contribution in [0.4, 0.5) is 0 Å². The molecular formula is C13H17NO. The molecule has 0 unspecified atom stereocenters. The minimum Gasteiger partial charge on any atom is -0.338 e. The summed E-state index contributed by atoms with van der Waals surface area (Å²) in [6.45, 7) is 3.83. The van der Waals surface area contributed by atoms with Gasteiger partial charge in [-0.3, -0.25) is 4.79 Å². The van der Waals surface area contributed by atoms with Crippen LogP contribution >= 0.6 is 0 Å². The first-order chi connectivity index (χ1) is 7.25. The molecule has 1 heterocycles. The van der Waals surface area contributed by atoms with Crippen molar-refractivity contribution in [2.75, 3.05) is 6.54 Å². The van der Waals surface area contributed by atoms with Gasteiger partial charge in [-0.15, -0.1) is 0 Å². The van der Waals surface area contributed by atoms with Crippen LogP contribution in [-0.2, 0) is 11.3 Å². The Kier molecular flexibility index (Phi) is 3.05. The second kappa shape index (κ2) is 4.47. The maximum Gasteiger partial charge on any atom is 0.223 e. The molecule has 0 saturated carbocycles. The van der Waals surface area contributed by atoms with Crippen molar-refractivity contribution in [1.82, 2.24) is 4.90 Å². The fraction of sp³-hybridized carbons (Fsp3) is 0.462. The number of hydrogen-bond acceptors (Lipinski definition) is 1. The molecule has 1 fully saturated rings.